The molecule has 396 valence electrons. The average molecular weight is 957 g/mol. The lowest BCUT2D eigenvalue weighted by Crippen LogP contribution is -2.45. The van der Waals surface area contributed by atoms with Crippen molar-refractivity contribution >= 4 is 5.91 Å². The molecule has 69 heavy (non-hydrogen) atoms. The van der Waals surface area contributed by atoms with Gasteiger partial charge in [-0.05, 0) is 96.3 Å². The molecule has 0 saturated carbocycles. The second-order valence-corrected chi connectivity index (χ2v) is 19.7. The number of unbranched alkanes of at least 4 members (excludes halogenated alkanes) is 30. The summed E-state index contributed by atoms with van der Waals surface area (Å²) >= 11 is 0. The first-order valence-corrected chi connectivity index (χ1v) is 29.6. The molecule has 0 spiro atoms. The topological polar surface area (TPSA) is 69.6 Å². The van der Waals surface area contributed by atoms with Gasteiger partial charge in [-0.1, -0.05) is 284 Å². The van der Waals surface area contributed by atoms with E-state index in [0.29, 0.717) is 6.42 Å². The lowest BCUT2D eigenvalue weighted by atomic mass is 10.0. The van der Waals surface area contributed by atoms with Crippen molar-refractivity contribution in [1.82, 2.24) is 5.32 Å². The quantitative estimate of drug-likeness (QED) is 0.0420. The molecule has 0 aromatic carbocycles. The largest absolute Gasteiger partial charge is 0.394 e. The van der Waals surface area contributed by atoms with Crippen LogP contribution in [0.3, 0.4) is 0 Å². The molecular formula is C65H113NO3. The average Bonchev–Trinajstić information content (AvgIpc) is 3.35. The molecule has 0 radical (unpaired) electrons. The Kier molecular flexibility index (Phi) is 56.8. The monoisotopic (exact) mass is 956 g/mol. The van der Waals surface area contributed by atoms with Gasteiger partial charge in [0.1, 0.15) is 0 Å². The Bertz CT molecular complexity index is 1310. The lowest BCUT2D eigenvalue weighted by molar-refractivity contribution is -0.123. The van der Waals surface area contributed by atoms with Crippen LogP contribution in [0.2, 0.25) is 0 Å². The normalized spacial score (nSPS) is 13.6. The molecule has 0 bridgehead atoms. The third-order valence-corrected chi connectivity index (χ3v) is 13.0. The van der Waals surface area contributed by atoms with Crippen molar-refractivity contribution in [3.05, 3.63) is 109 Å². The van der Waals surface area contributed by atoms with E-state index < -0.39 is 12.1 Å². The van der Waals surface area contributed by atoms with Crippen molar-refractivity contribution in [3.8, 4) is 0 Å². The number of hydrogen-bond donors (Lipinski definition) is 3. The van der Waals surface area contributed by atoms with Gasteiger partial charge in [-0.3, -0.25) is 4.79 Å². The van der Waals surface area contributed by atoms with E-state index in [1.54, 1.807) is 6.08 Å². The first-order chi connectivity index (χ1) is 34.2. The fraction of sp³-hybridized carbons (Fsp3) is 0.708. The van der Waals surface area contributed by atoms with Gasteiger partial charge in [0, 0.05) is 6.42 Å². The van der Waals surface area contributed by atoms with E-state index in [9.17, 15) is 15.0 Å². The van der Waals surface area contributed by atoms with Gasteiger partial charge in [0.2, 0.25) is 5.91 Å². The Balaban J connectivity index is 3.61. The molecule has 0 aromatic rings. The Morgan fingerprint density at radius 3 is 1.01 bits per heavy atom. The molecule has 0 rings (SSSR count). The molecule has 4 heteroatoms. The Morgan fingerprint density at radius 2 is 0.652 bits per heavy atom. The van der Waals surface area contributed by atoms with Crippen molar-refractivity contribution in [2.75, 3.05) is 6.61 Å². The van der Waals surface area contributed by atoms with E-state index in [1.165, 1.54) is 173 Å². The molecule has 2 atom stereocenters. The molecule has 3 N–H and O–H groups in total. The molecule has 0 aliphatic carbocycles. The van der Waals surface area contributed by atoms with Gasteiger partial charge in [-0.25, -0.2) is 0 Å². The minimum atomic E-state index is -0.881. The predicted octanol–water partition coefficient (Wildman–Crippen LogP) is 19.9. The van der Waals surface area contributed by atoms with Crippen LogP contribution in [0.5, 0.6) is 0 Å². The first-order valence-electron chi connectivity index (χ1n) is 29.6. The number of carbonyl (C=O) groups is 1. The van der Waals surface area contributed by atoms with Crippen LogP contribution in [-0.2, 0) is 4.79 Å². The van der Waals surface area contributed by atoms with Gasteiger partial charge < -0.3 is 15.5 Å². The van der Waals surface area contributed by atoms with E-state index in [0.717, 1.165) is 83.5 Å². The summed E-state index contributed by atoms with van der Waals surface area (Å²) in [7, 11) is 0. The highest BCUT2D eigenvalue weighted by Crippen LogP contribution is 2.16. The summed E-state index contributed by atoms with van der Waals surface area (Å²) in [6, 6.07) is -0.657. The maximum atomic E-state index is 12.5. The molecule has 0 fully saturated rings. The number of aliphatic hydroxyl groups excluding tert-OH is 2. The molecule has 1 amide bonds. The molecule has 2 unspecified atom stereocenters. The standard InChI is InChI=1S/C65H113NO3/c1-3-5-7-9-11-13-15-17-19-21-23-25-27-29-31-33-35-37-39-41-43-45-47-49-51-53-55-57-59-61-65(69)66-63(62-67)64(68)60-58-56-54-52-50-48-46-44-42-40-38-36-34-32-30-28-26-24-22-20-18-16-14-12-10-8-6-4-2/h5,7,11,13,17,19,23,25,29,31,35,37,42,44,50,52,58,60,63-64,67-68H,3-4,6,8-10,12,14-16,18,20-22,24,26-28,30,32-34,36,38-41,43,45-49,51,53-57,59,61-62H2,1-2H3,(H,66,69)/b7-5-,13-11-,19-17-,25-23-,31-29-,37-35-,44-42+,52-50+,60-58+. The van der Waals surface area contributed by atoms with E-state index in [-0.39, 0.29) is 12.5 Å². The fourth-order valence-corrected chi connectivity index (χ4v) is 8.51. The molecule has 0 saturated heterocycles. The van der Waals surface area contributed by atoms with Crippen molar-refractivity contribution < 1.29 is 15.0 Å². The van der Waals surface area contributed by atoms with Crippen molar-refractivity contribution in [2.45, 2.75) is 289 Å². The zero-order chi connectivity index (χ0) is 49.9. The SMILES string of the molecule is CC/C=C\C/C=C\C/C=C\C/C=C\C/C=C\C/C=C\CCCCCCCCCCCCC(=O)NC(CO)C(O)/C=C/CC/C=C/CC/C=C/CCCCCCCCCCCCCCCCCCCC. The van der Waals surface area contributed by atoms with Crippen LogP contribution in [0.15, 0.2) is 109 Å². The van der Waals surface area contributed by atoms with Crippen molar-refractivity contribution in [3.63, 3.8) is 0 Å². The summed E-state index contributed by atoms with van der Waals surface area (Å²) in [5.74, 6) is -0.0853. The number of allylic oxidation sites excluding steroid dienone is 17. The lowest BCUT2D eigenvalue weighted by Gasteiger charge is -2.19. The number of nitrogens with one attached hydrogen (secondary N) is 1. The third kappa shape index (κ3) is 55.8. The second kappa shape index (κ2) is 59.4. The molecule has 0 aliphatic rings. The second-order valence-electron chi connectivity index (χ2n) is 19.7. The van der Waals surface area contributed by atoms with Gasteiger partial charge in [0.05, 0.1) is 18.8 Å². The molecular weight excluding hydrogens is 843 g/mol. The summed E-state index contributed by atoms with van der Waals surface area (Å²) in [5.41, 5.74) is 0. The van der Waals surface area contributed by atoms with Crippen molar-refractivity contribution in [2.24, 2.45) is 0 Å². The van der Waals surface area contributed by atoms with E-state index in [2.05, 4.69) is 116 Å². The smallest absolute Gasteiger partial charge is 0.220 e. The van der Waals surface area contributed by atoms with E-state index in [1.807, 2.05) is 6.08 Å². The summed E-state index contributed by atoms with van der Waals surface area (Å²) in [6.07, 6.45) is 89.7. The van der Waals surface area contributed by atoms with Crippen LogP contribution in [0.4, 0.5) is 0 Å². The van der Waals surface area contributed by atoms with Gasteiger partial charge in [0.25, 0.3) is 0 Å². The third-order valence-electron chi connectivity index (χ3n) is 13.0. The number of aliphatic hydroxyl groups is 2. The highest BCUT2D eigenvalue weighted by Gasteiger charge is 2.18. The summed E-state index contributed by atoms with van der Waals surface area (Å²) in [5, 5.41) is 23.2. The zero-order valence-electron chi connectivity index (χ0n) is 45.5. The summed E-state index contributed by atoms with van der Waals surface area (Å²) in [6.45, 7) is 4.19. The highest BCUT2D eigenvalue weighted by atomic mass is 16.3. The van der Waals surface area contributed by atoms with E-state index >= 15 is 0 Å². The maximum absolute atomic E-state index is 12.5. The van der Waals surface area contributed by atoms with Crippen molar-refractivity contribution in [1.29, 1.82) is 0 Å². The van der Waals surface area contributed by atoms with Crippen LogP contribution in [0, 0.1) is 0 Å². The first kappa shape index (κ1) is 66.0. The molecule has 0 aliphatic heterocycles. The van der Waals surface area contributed by atoms with Gasteiger partial charge >= 0.3 is 0 Å². The highest BCUT2D eigenvalue weighted by molar-refractivity contribution is 5.76. The van der Waals surface area contributed by atoms with Gasteiger partial charge in [-0.15, -0.1) is 0 Å². The van der Waals surface area contributed by atoms with Crippen LogP contribution in [-0.4, -0.2) is 34.9 Å². The minimum absolute atomic E-state index is 0.0853. The van der Waals surface area contributed by atoms with Crippen LogP contribution < -0.4 is 5.32 Å². The number of hydrogen-bond acceptors (Lipinski definition) is 3. The predicted molar refractivity (Wildman–Crippen MR) is 308 cm³/mol. The van der Waals surface area contributed by atoms with Crippen LogP contribution in [0.25, 0.3) is 0 Å². The molecule has 0 aromatic heterocycles. The maximum Gasteiger partial charge on any atom is 0.220 e. The Morgan fingerprint density at radius 1 is 0.362 bits per heavy atom. The minimum Gasteiger partial charge on any atom is -0.394 e. The number of carbonyl (C=O) groups excluding carboxylic acids is 1. The summed E-state index contributed by atoms with van der Waals surface area (Å²) < 4.78 is 0. The Labute approximate surface area is 429 Å². The Hall–Kier alpha value is -2.95. The fourth-order valence-electron chi connectivity index (χ4n) is 8.51. The van der Waals surface area contributed by atoms with Crippen LogP contribution >= 0.6 is 0 Å². The van der Waals surface area contributed by atoms with Gasteiger partial charge in [0.15, 0.2) is 0 Å². The van der Waals surface area contributed by atoms with Gasteiger partial charge in [-0.2, -0.15) is 0 Å². The van der Waals surface area contributed by atoms with Crippen LogP contribution in [0.1, 0.15) is 277 Å². The molecule has 4 nitrogen and oxygen atoms in total. The number of rotatable bonds is 53. The van der Waals surface area contributed by atoms with E-state index in [4.69, 9.17) is 0 Å². The zero-order valence-corrected chi connectivity index (χ0v) is 45.5. The number of amides is 1. The molecule has 0 heterocycles. The summed E-state index contributed by atoms with van der Waals surface area (Å²) in [4.78, 5) is 12.5.